The summed E-state index contributed by atoms with van der Waals surface area (Å²) >= 11 is 0. The number of morpholine rings is 1. The van der Waals surface area contributed by atoms with Crippen LogP contribution in [-0.4, -0.2) is 62.5 Å². The predicted molar refractivity (Wildman–Crippen MR) is 138 cm³/mol. The number of nitrogens with one attached hydrogen (secondary N) is 2. The molecule has 0 spiro atoms. The quantitative estimate of drug-likeness (QED) is 0.375. The summed E-state index contributed by atoms with van der Waals surface area (Å²) in [5.41, 5.74) is 4.62. The molecule has 1 aliphatic heterocycles. The number of aromatic nitrogens is 6. The lowest BCUT2D eigenvalue weighted by molar-refractivity contribution is 0.0786. The fourth-order valence-corrected chi connectivity index (χ4v) is 4.34. The minimum Gasteiger partial charge on any atom is -0.378 e. The van der Waals surface area contributed by atoms with Gasteiger partial charge in [-0.2, -0.15) is 5.10 Å². The second-order valence-corrected chi connectivity index (χ2v) is 8.39. The van der Waals surface area contributed by atoms with Crippen molar-refractivity contribution in [1.29, 1.82) is 0 Å². The second-order valence-electron chi connectivity index (χ2n) is 8.39. The van der Waals surface area contributed by atoms with Crippen LogP contribution in [0.4, 0.5) is 5.95 Å². The number of hydrogen-bond donors (Lipinski definition) is 2. The summed E-state index contributed by atoms with van der Waals surface area (Å²) in [6.07, 6.45) is 5.18. The molecule has 1 atom stereocenters. The van der Waals surface area contributed by atoms with E-state index in [1.165, 1.54) is 5.56 Å². The standard InChI is InChI=1S/C25H24N8O.ClH/c1-2-4-17(5-3-1)13-33(14-20-15-34-9-8-26-20)25-27-11-19-10-18(6-7-22(19)31-25)23-21-12-30-32-24(21)29-16-28-23;/h1-7,10-12,16,20,26H,8-9,13-15H2,(H,28,29,30,32);1H/t20-;/m1./s1. The van der Waals surface area contributed by atoms with Gasteiger partial charge in [-0.3, -0.25) is 5.10 Å². The first-order valence-corrected chi connectivity index (χ1v) is 11.3. The predicted octanol–water partition coefficient (Wildman–Crippen LogP) is 3.38. The van der Waals surface area contributed by atoms with Crippen molar-refractivity contribution in [3.05, 3.63) is 72.8 Å². The number of anilines is 1. The Balaban J connectivity index is 0.00000253. The maximum atomic E-state index is 5.67. The van der Waals surface area contributed by atoms with E-state index in [4.69, 9.17) is 14.7 Å². The number of hydrogen-bond acceptors (Lipinski definition) is 8. The van der Waals surface area contributed by atoms with Crippen LogP contribution >= 0.6 is 12.4 Å². The van der Waals surface area contributed by atoms with Gasteiger partial charge in [0.1, 0.15) is 6.33 Å². The zero-order valence-electron chi connectivity index (χ0n) is 19.0. The molecule has 1 aliphatic rings. The number of rotatable bonds is 6. The van der Waals surface area contributed by atoms with Crippen LogP contribution in [0.3, 0.4) is 0 Å². The monoisotopic (exact) mass is 488 g/mol. The smallest absolute Gasteiger partial charge is 0.226 e. The average molecular weight is 489 g/mol. The lowest BCUT2D eigenvalue weighted by Gasteiger charge is -2.30. The topological polar surface area (TPSA) is 105 Å². The van der Waals surface area contributed by atoms with E-state index in [2.05, 4.69) is 60.7 Å². The van der Waals surface area contributed by atoms with E-state index >= 15 is 0 Å². The van der Waals surface area contributed by atoms with Crippen molar-refractivity contribution in [1.82, 2.24) is 35.5 Å². The Labute approximate surface area is 208 Å². The van der Waals surface area contributed by atoms with E-state index in [0.717, 1.165) is 53.8 Å². The Morgan fingerprint density at radius 1 is 1.03 bits per heavy atom. The van der Waals surface area contributed by atoms with Gasteiger partial charge in [0, 0.05) is 42.8 Å². The van der Waals surface area contributed by atoms with Crippen LogP contribution in [0.1, 0.15) is 5.56 Å². The summed E-state index contributed by atoms with van der Waals surface area (Å²) in [5.74, 6) is 0.704. The normalized spacial score (nSPS) is 15.7. The molecule has 4 heterocycles. The van der Waals surface area contributed by atoms with Gasteiger partial charge in [0.2, 0.25) is 5.95 Å². The van der Waals surface area contributed by atoms with Crippen LogP contribution in [0, 0.1) is 0 Å². The lowest BCUT2D eigenvalue weighted by Crippen LogP contribution is -2.48. The number of fused-ring (bicyclic) bond motifs is 2. The van der Waals surface area contributed by atoms with E-state index in [1.54, 1.807) is 12.5 Å². The van der Waals surface area contributed by atoms with Crippen molar-refractivity contribution in [3.63, 3.8) is 0 Å². The van der Waals surface area contributed by atoms with E-state index in [-0.39, 0.29) is 18.4 Å². The third kappa shape index (κ3) is 4.93. The van der Waals surface area contributed by atoms with Gasteiger partial charge < -0.3 is 15.0 Å². The summed E-state index contributed by atoms with van der Waals surface area (Å²) in [4.78, 5) is 20.6. The maximum Gasteiger partial charge on any atom is 0.226 e. The van der Waals surface area contributed by atoms with Crippen molar-refractivity contribution in [2.24, 2.45) is 0 Å². The van der Waals surface area contributed by atoms with Crippen molar-refractivity contribution >= 4 is 40.3 Å². The van der Waals surface area contributed by atoms with Crippen LogP contribution in [0.5, 0.6) is 0 Å². The molecule has 9 nitrogen and oxygen atoms in total. The third-order valence-corrected chi connectivity index (χ3v) is 6.03. The van der Waals surface area contributed by atoms with E-state index in [1.807, 2.05) is 24.4 Å². The SMILES string of the molecule is Cl.c1ccc(CN(C[C@@H]2COCCN2)c2ncc3cc(-c4ncnc5[nH]ncc45)ccc3n2)cc1. The summed E-state index contributed by atoms with van der Waals surface area (Å²) in [6, 6.07) is 16.8. The molecule has 178 valence electrons. The number of ether oxygens (including phenoxy) is 1. The molecule has 0 unspecified atom stereocenters. The van der Waals surface area contributed by atoms with Crippen molar-refractivity contribution in [2.45, 2.75) is 12.6 Å². The van der Waals surface area contributed by atoms with Crippen molar-refractivity contribution in [2.75, 3.05) is 31.2 Å². The first-order valence-electron chi connectivity index (χ1n) is 11.3. The Bertz CT molecular complexity index is 1420. The van der Waals surface area contributed by atoms with E-state index < -0.39 is 0 Å². The third-order valence-electron chi connectivity index (χ3n) is 6.03. The molecule has 0 saturated carbocycles. The summed E-state index contributed by atoms with van der Waals surface area (Å²) in [7, 11) is 0. The minimum atomic E-state index is 0. The zero-order valence-corrected chi connectivity index (χ0v) is 19.8. The van der Waals surface area contributed by atoms with Gasteiger partial charge in [-0.1, -0.05) is 36.4 Å². The van der Waals surface area contributed by atoms with Gasteiger partial charge in [-0.15, -0.1) is 12.4 Å². The van der Waals surface area contributed by atoms with Gasteiger partial charge in [0.25, 0.3) is 0 Å². The minimum absolute atomic E-state index is 0. The van der Waals surface area contributed by atoms with E-state index in [0.29, 0.717) is 18.2 Å². The van der Waals surface area contributed by atoms with Gasteiger partial charge in [-0.25, -0.2) is 19.9 Å². The average Bonchev–Trinajstić information content (AvgIpc) is 3.38. The molecule has 35 heavy (non-hydrogen) atoms. The summed E-state index contributed by atoms with van der Waals surface area (Å²) in [6.45, 7) is 3.78. The number of benzene rings is 2. The van der Waals surface area contributed by atoms with Crippen LogP contribution in [0.15, 0.2) is 67.3 Å². The Morgan fingerprint density at radius 2 is 1.94 bits per heavy atom. The largest absolute Gasteiger partial charge is 0.378 e. The highest BCUT2D eigenvalue weighted by molar-refractivity contribution is 5.93. The first kappa shape index (κ1) is 23.1. The molecule has 5 aromatic rings. The molecular weight excluding hydrogens is 464 g/mol. The molecule has 0 aliphatic carbocycles. The molecule has 6 rings (SSSR count). The Kier molecular flexibility index (Phi) is 6.80. The maximum absolute atomic E-state index is 5.67. The van der Waals surface area contributed by atoms with Crippen LogP contribution in [0.25, 0.3) is 33.2 Å². The fourth-order valence-electron chi connectivity index (χ4n) is 4.34. The van der Waals surface area contributed by atoms with Crippen molar-refractivity contribution < 1.29 is 4.74 Å². The molecule has 3 aromatic heterocycles. The number of H-pyrrole nitrogens is 1. The molecule has 0 amide bonds. The number of nitrogens with zero attached hydrogens (tertiary/aromatic N) is 6. The Hall–Kier alpha value is -3.66. The molecule has 0 radical (unpaired) electrons. The molecule has 0 bridgehead atoms. The second kappa shape index (κ2) is 10.3. The molecule has 2 aromatic carbocycles. The molecule has 10 heteroatoms. The van der Waals surface area contributed by atoms with Crippen molar-refractivity contribution in [3.8, 4) is 11.3 Å². The van der Waals surface area contributed by atoms with Gasteiger partial charge in [0.05, 0.1) is 36.0 Å². The molecule has 2 N–H and O–H groups in total. The van der Waals surface area contributed by atoms with Crippen LogP contribution in [-0.2, 0) is 11.3 Å². The summed E-state index contributed by atoms with van der Waals surface area (Å²) in [5, 5.41) is 12.4. The molecule has 1 fully saturated rings. The molecule has 1 saturated heterocycles. The van der Waals surface area contributed by atoms with Crippen LogP contribution < -0.4 is 10.2 Å². The van der Waals surface area contributed by atoms with Crippen LogP contribution in [0.2, 0.25) is 0 Å². The molecular formula is C25H25ClN8O. The van der Waals surface area contributed by atoms with Gasteiger partial charge in [-0.05, 0) is 17.7 Å². The highest BCUT2D eigenvalue weighted by Crippen LogP contribution is 2.27. The number of aromatic amines is 1. The summed E-state index contributed by atoms with van der Waals surface area (Å²) < 4.78 is 5.67. The lowest BCUT2D eigenvalue weighted by atomic mass is 10.1. The fraction of sp³-hybridized carbons (Fsp3) is 0.240. The van der Waals surface area contributed by atoms with Gasteiger partial charge >= 0.3 is 0 Å². The first-order chi connectivity index (χ1) is 16.8. The zero-order chi connectivity index (χ0) is 22.7. The Morgan fingerprint density at radius 3 is 2.80 bits per heavy atom. The van der Waals surface area contributed by atoms with E-state index in [9.17, 15) is 0 Å². The highest BCUT2D eigenvalue weighted by atomic mass is 35.5. The number of halogens is 1. The van der Waals surface area contributed by atoms with Gasteiger partial charge in [0.15, 0.2) is 5.65 Å². The highest BCUT2D eigenvalue weighted by Gasteiger charge is 2.20.